The van der Waals surface area contributed by atoms with Crippen molar-refractivity contribution >= 4 is 29.3 Å². The van der Waals surface area contributed by atoms with Crippen LogP contribution in [0.3, 0.4) is 0 Å². The van der Waals surface area contributed by atoms with Gasteiger partial charge in [0.1, 0.15) is 11.5 Å². The molecule has 3 amide bonds. The van der Waals surface area contributed by atoms with Crippen molar-refractivity contribution in [3.8, 4) is 11.5 Å². The average Bonchev–Trinajstić information content (AvgIpc) is 3.15. The van der Waals surface area contributed by atoms with E-state index in [4.69, 9.17) is 9.47 Å². The van der Waals surface area contributed by atoms with Crippen molar-refractivity contribution < 1.29 is 34.1 Å². The van der Waals surface area contributed by atoms with Gasteiger partial charge >= 0.3 is 6.09 Å². The van der Waals surface area contributed by atoms with E-state index in [-0.39, 0.29) is 24.9 Å². The summed E-state index contributed by atoms with van der Waals surface area (Å²) in [6.07, 6.45) is -2.14. The van der Waals surface area contributed by atoms with Crippen LogP contribution in [0.4, 0.5) is 10.5 Å². The maximum absolute atomic E-state index is 13.7. The molecule has 0 radical (unpaired) electrons. The standard InChI is InChI=1S/C27H29N3O7/c1-2-36-27(35)29-28-20-14-21(31)24(32)22-18(20)11-12-19-23(22)26(34)30(25(19)33)15-7-6-10-17(13-15)37-16-8-4-3-5-9-16/h3-10,13,18-19,21-24,31-32H,2,11-12,14H2,1H3,(H,29,35)/b28-20+/t18-,19+,21+,22-,23+,24+/m0/s1. The number of para-hydroxylation sites is 1. The Kier molecular flexibility index (Phi) is 6.94. The molecule has 0 bridgehead atoms. The number of carbonyl (C=O) groups excluding carboxylic acids is 3. The number of aliphatic hydroxyl groups excluding tert-OH is 2. The molecule has 194 valence electrons. The third-order valence-corrected chi connectivity index (χ3v) is 7.40. The molecule has 10 heteroatoms. The maximum Gasteiger partial charge on any atom is 0.427 e. The number of ether oxygens (including phenoxy) is 2. The minimum absolute atomic E-state index is 0.0524. The molecule has 3 N–H and O–H groups in total. The quantitative estimate of drug-likeness (QED) is 0.418. The predicted octanol–water partition coefficient (Wildman–Crippen LogP) is 2.84. The highest BCUT2D eigenvalue weighted by Crippen LogP contribution is 2.50. The Hall–Kier alpha value is -3.76. The Morgan fingerprint density at radius 1 is 1.03 bits per heavy atom. The van der Waals surface area contributed by atoms with Gasteiger partial charge in [-0.3, -0.25) is 9.59 Å². The molecule has 3 fully saturated rings. The summed E-state index contributed by atoms with van der Waals surface area (Å²) in [5.41, 5.74) is 3.19. The van der Waals surface area contributed by atoms with Gasteiger partial charge in [0.05, 0.1) is 36.3 Å². The lowest BCUT2D eigenvalue weighted by molar-refractivity contribution is -0.132. The van der Waals surface area contributed by atoms with Crippen molar-refractivity contribution in [1.82, 2.24) is 5.43 Å². The van der Waals surface area contributed by atoms with E-state index in [1.807, 2.05) is 18.2 Å². The molecule has 2 aromatic carbocycles. The van der Waals surface area contributed by atoms with Crippen LogP contribution in [0, 0.1) is 23.7 Å². The van der Waals surface area contributed by atoms with Crippen molar-refractivity contribution in [3.63, 3.8) is 0 Å². The van der Waals surface area contributed by atoms with E-state index >= 15 is 0 Å². The summed E-state index contributed by atoms with van der Waals surface area (Å²) >= 11 is 0. The summed E-state index contributed by atoms with van der Waals surface area (Å²) in [4.78, 5) is 40.1. The number of carbonyl (C=O) groups is 3. The van der Waals surface area contributed by atoms with Gasteiger partial charge in [-0.1, -0.05) is 24.3 Å². The third kappa shape index (κ3) is 4.70. The number of rotatable bonds is 5. The molecule has 2 aromatic rings. The molecule has 1 saturated heterocycles. The van der Waals surface area contributed by atoms with Crippen molar-refractivity contribution in [2.24, 2.45) is 28.8 Å². The number of benzene rings is 2. The van der Waals surface area contributed by atoms with Crippen LogP contribution in [0.25, 0.3) is 0 Å². The molecule has 2 aliphatic carbocycles. The van der Waals surface area contributed by atoms with Gasteiger partial charge in [0.15, 0.2) is 0 Å². The topological polar surface area (TPSA) is 138 Å². The molecular weight excluding hydrogens is 478 g/mol. The van der Waals surface area contributed by atoms with Crippen LogP contribution in [0.5, 0.6) is 11.5 Å². The lowest BCUT2D eigenvalue weighted by Gasteiger charge is -2.45. The summed E-state index contributed by atoms with van der Waals surface area (Å²) in [5.74, 6) is -2.17. The van der Waals surface area contributed by atoms with Gasteiger partial charge in [0, 0.05) is 30.0 Å². The Bertz CT molecular complexity index is 1220. The molecule has 3 aliphatic rings. The first-order valence-electron chi connectivity index (χ1n) is 12.4. The second-order valence-electron chi connectivity index (χ2n) is 9.52. The van der Waals surface area contributed by atoms with Crippen LogP contribution in [0.2, 0.25) is 0 Å². The van der Waals surface area contributed by atoms with Crippen LogP contribution in [-0.2, 0) is 14.3 Å². The number of amides is 3. The molecule has 6 atom stereocenters. The molecule has 10 nitrogen and oxygen atoms in total. The number of nitrogens with zero attached hydrogens (tertiary/aromatic N) is 2. The van der Waals surface area contributed by atoms with E-state index < -0.39 is 42.0 Å². The van der Waals surface area contributed by atoms with Crippen LogP contribution in [0.15, 0.2) is 59.7 Å². The molecule has 2 saturated carbocycles. The van der Waals surface area contributed by atoms with Gasteiger partial charge in [0.2, 0.25) is 11.8 Å². The number of hydrogen-bond donors (Lipinski definition) is 3. The van der Waals surface area contributed by atoms with E-state index in [9.17, 15) is 24.6 Å². The van der Waals surface area contributed by atoms with E-state index in [2.05, 4.69) is 10.5 Å². The van der Waals surface area contributed by atoms with Crippen LogP contribution in [-0.4, -0.2) is 52.6 Å². The fourth-order valence-electron chi connectivity index (χ4n) is 5.84. The predicted molar refractivity (Wildman–Crippen MR) is 133 cm³/mol. The maximum atomic E-state index is 13.7. The summed E-state index contributed by atoms with van der Waals surface area (Å²) < 4.78 is 10.7. The van der Waals surface area contributed by atoms with Gasteiger partial charge in [-0.05, 0) is 44.0 Å². The Labute approximate surface area is 213 Å². The monoisotopic (exact) mass is 507 g/mol. The zero-order chi connectivity index (χ0) is 26.1. The highest BCUT2D eigenvalue weighted by molar-refractivity contribution is 6.22. The van der Waals surface area contributed by atoms with Crippen molar-refractivity contribution in [2.75, 3.05) is 11.5 Å². The Morgan fingerprint density at radius 3 is 2.51 bits per heavy atom. The van der Waals surface area contributed by atoms with Crippen LogP contribution < -0.4 is 15.1 Å². The Morgan fingerprint density at radius 2 is 1.76 bits per heavy atom. The minimum Gasteiger partial charge on any atom is -0.457 e. The van der Waals surface area contributed by atoms with Gasteiger partial charge < -0.3 is 19.7 Å². The number of aliphatic hydroxyl groups is 2. The third-order valence-electron chi connectivity index (χ3n) is 7.40. The first-order chi connectivity index (χ1) is 17.9. The molecule has 5 rings (SSSR count). The fourth-order valence-corrected chi connectivity index (χ4v) is 5.84. The first-order valence-corrected chi connectivity index (χ1v) is 12.4. The van der Waals surface area contributed by atoms with E-state index in [1.165, 1.54) is 0 Å². The van der Waals surface area contributed by atoms with E-state index in [0.717, 1.165) is 4.90 Å². The first kappa shape index (κ1) is 24.9. The second-order valence-corrected chi connectivity index (χ2v) is 9.52. The summed E-state index contributed by atoms with van der Waals surface area (Å²) in [6, 6.07) is 15.9. The summed E-state index contributed by atoms with van der Waals surface area (Å²) in [7, 11) is 0. The molecule has 0 spiro atoms. The lowest BCUT2D eigenvalue weighted by Crippen LogP contribution is -2.55. The lowest BCUT2D eigenvalue weighted by atomic mass is 9.60. The van der Waals surface area contributed by atoms with Crippen LogP contribution >= 0.6 is 0 Å². The molecule has 0 unspecified atom stereocenters. The highest BCUT2D eigenvalue weighted by Gasteiger charge is 2.60. The zero-order valence-corrected chi connectivity index (χ0v) is 20.3. The molecule has 1 aliphatic heterocycles. The average molecular weight is 508 g/mol. The van der Waals surface area contributed by atoms with Crippen LogP contribution in [0.1, 0.15) is 26.2 Å². The van der Waals surface area contributed by atoms with E-state index in [0.29, 0.717) is 35.7 Å². The Balaban J connectivity index is 1.41. The number of nitrogens with one attached hydrogen (secondary N) is 1. The smallest absolute Gasteiger partial charge is 0.427 e. The molecule has 1 heterocycles. The van der Waals surface area contributed by atoms with Crippen molar-refractivity contribution in [1.29, 1.82) is 0 Å². The number of anilines is 1. The number of imide groups is 1. The van der Waals surface area contributed by atoms with Gasteiger partial charge in [-0.15, -0.1) is 0 Å². The summed E-state index contributed by atoms with van der Waals surface area (Å²) in [6.45, 7) is 1.85. The number of hydrogen-bond acceptors (Lipinski definition) is 8. The SMILES string of the molecule is CCOC(=O)N/N=C1\C[C@@H](O)[C@@H](O)[C@@H]2[C@@H]3C(=O)N(c4cccc(Oc5ccccc5)c4)C(=O)[C@@H]3CC[C@@H]12. The largest absolute Gasteiger partial charge is 0.457 e. The normalized spacial score (nSPS) is 30.0. The summed E-state index contributed by atoms with van der Waals surface area (Å²) in [5, 5.41) is 25.7. The van der Waals surface area contributed by atoms with Crippen molar-refractivity contribution in [2.45, 2.75) is 38.4 Å². The highest BCUT2D eigenvalue weighted by atomic mass is 16.5. The second kappa shape index (κ2) is 10.3. The zero-order valence-electron chi connectivity index (χ0n) is 20.3. The molecule has 37 heavy (non-hydrogen) atoms. The minimum atomic E-state index is -1.20. The fraction of sp³-hybridized carbons (Fsp3) is 0.407. The van der Waals surface area contributed by atoms with Gasteiger partial charge in [0.25, 0.3) is 0 Å². The van der Waals surface area contributed by atoms with Crippen molar-refractivity contribution in [3.05, 3.63) is 54.6 Å². The molecule has 0 aromatic heterocycles. The van der Waals surface area contributed by atoms with Gasteiger partial charge in [-0.25, -0.2) is 15.1 Å². The van der Waals surface area contributed by atoms with Gasteiger partial charge in [-0.2, -0.15) is 5.10 Å². The number of hydrazone groups is 1. The number of fused-ring (bicyclic) bond motifs is 3. The molecular formula is C27H29N3O7. The van der Waals surface area contributed by atoms with E-state index in [1.54, 1.807) is 43.3 Å².